The highest BCUT2D eigenvalue weighted by Gasteiger charge is 2.50. The summed E-state index contributed by atoms with van der Waals surface area (Å²) in [4.78, 5) is 0. The molecule has 2 saturated carbocycles. The molecule has 1 N–H and O–H groups in total. The fourth-order valence-corrected chi connectivity index (χ4v) is 4.49. The third-order valence-electron chi connectivity index (χ3n) is 5.31. The van der Waals surface area contributed by atoms with Gasteiger partial charge in [0, 0.05) is 19.8 Å². The molecule has 19 heavy (non-hydrogen) atoms. The van der Waals surface area contributed by atoms with Gasteiger partial charge >= 0.3 is 0 Å². The van der Waals surface area contributed by atoms with Gasteiger partial charge in [-0.15, -0.1) is 0 Å². The second kappa shape index (κ2) is 5.28. The van der Waals surface area contributed by atoms with Crippen LogP contribution in [0.5, 0.6) is 0 Å². The molecule has 2 aliphatic carbocycles. The first-order valence-electron chi connectivity index (χ1n) is 7.91. The molecule has 0 aromatic carbocycles. The Labute approximate surface area is 116 Å². The summed E-state index contributed by atoms with van der Waals surface area (Å²) >= 11 is 0. The Bertz CT molecular complexity index is 425. The summed E-state index contributed by atoms with van der Waals surface area (Å²) in [6.07, 6.45) is 10.3. The number of aryl methyl sites for hydroxylation is 1. The average molecular weight is 261 g/mol. The van der Waals surface area contributed by atoms with Gasteiger partial charge in [-0.1, -0.05) is 13.3 Å². The summed E-state index contributed by atoms with van der Waals surface area (Å²) < 4.78 is 1.94. The van der Waals surface area contributed by atoms with E-state index in [4.69, 9.17) is 0 Å². The molecule has 0 spiro atoms. The molecule has 2 fully saturated rings. The highest BCUT2D eigenvalue weighted by molar-refractivity contribution is 5.10. The van der Waals surface area contributed by atoms with E-state index >= 15 is 0 Å². The van der Waals surface area contributed by atoms with Crippen LogP contribution >= 0.6 is 0 Å². The number of aromatic nitrogens is 2. The van der Waals surface area contributed by atoms with Crippen molar-refractivity contribution in [1.29, 1.82) is 0 Å². The van der Waals surface area contributed by atoms with Crippen LogP contribution in [0.1, 0.15) is 44.7 Å². The molecule has 3 atom stereocenters. The van der Waals surface area contributed by atoms with E-state index in [-0.39, 0.29) is 0 Å². The fraction of sp³-hybridized carbons (Fsp3) is 0.812. The summed E-state index contributed by atoms with van der Waals surface area (Å²) in [7, 11) is 2.02. The van der Waals surface area contributed by atoms with E-state index in [9.17, 15) is 0 Å². The summed E-state index contributed by atoms with van der Waals surface area (Å²) in [6.45, 7) is 4.60. The molecule has 0 radical (unpaired) electrons. The van der Waals surface area contributed by atoms with Crippen molar-refractivity contribution >= 4 is 0 Å². The van der Waals surface area contributed by atoms with Crippen LogP contribution in [-0.2, 0) is 13.5 Å². The zero-order chi connectivity index (χ0) is 13.3. The molecule has 106 valence electrons. The van der Waals surface area contributed by atoms with Gasteiger partial charge in [0.25, 0.3) is 0 Å². The minimum absolute atomic E-state index is 0.492. The molecule has 3 nitrogen and oxygen atoms in total. The maximum absolute atomic E-state index is 4.62. The van der Waals surface area contributed by atoms with Gasteiger partial charge in [-0.3, -0.25) is 4.68 Å². The first-order chi connectivity index (χ1) is 9.22. The minimum Gasteiger partial charge on any atom is -0.316 e. The molecule has 2 bridgehead atoms. The van der Waals surface area contributed by atoms with Crippen LogP contribution in [0.2, 0.25) is 0 Å². The Morgan fingerprint density at radius 2 is 2.37 bits per heavy atom. The second-order valence-electron chi connectivity index (χ2n) is 6.78. The van der Waals surface area contributed by atoms with Crippen molar-refractivity contribution in [2.45, 2.75) is 45.4 Å². The van der Waals surface area contributed by atoms with Crippen molar-refractivity contribution in [3.8, 4) is 0 Å². The van der Waals surface area contributed by atoms with Gasteiger partial charge in [0.05, 0.1) is 5.69 Å². The van der Waals surface area contributed by atoms with Crippen LogP contribution in [0.15, 0.2) is 12.3 Å². The third-order valence-corrected chi connectivity index (χ3v) is 5.31. The van der Waals surface area contributed by atoms with Crippen molar-refractivity contribution in [2.24, 2.45) is 24.3 Å². The number of nitrogens with one attached hydrogen (secondary N) is 1. The molecule has 0 saturated heterocycles. The number of hydrogen-bond donors (Lipinski definition) is 1. The highest BCUT2D eigenvalue weighted by atomic mass is 15.2. The van der Waals surface area contributed by atoms with E-state index in [1.807, 2.05) is 11.7 Å². The van der Waals surface area contributed by atoms with Crippen molar-refractivity contribution in [2.75, 3.05) is 13.1 Å². The molecule has 1 aromatic heterocycles. The molecule has 1 aromatic rings. The maximum Gasteiger partial charge on any atom is 0.0630 e. The summed E-state index contributed by atoms with van der Waals surface area (Å²) in [5.41, 5.74) is 1.78. The standard InChI is InChI=1S/C16H27N3/c1-3-7-17-12-16(10-13-4-5-14(16)9-13)11-15-6-8-19(2)18-15/h6,8,13-14,17H,3-5,7,9-12H2,1-2H3. The Morgan fingerprint density at radius 1 is 1.47 bits per heavy atom. The lowest BCUT2D eigenvalue weighted by atomic mass is 9.70. The van der Waals surface area contributed by atoms with Crippen LogP contribution < -0.4 is 5.32 Å². The quantitative estimate of drug-likeness (QED) is 0.798. The zero-order valence-corrected chi connectivity index (χ0v) is 12.4. The molecule has 3 rings (SSSR count). The minimum atomic E-state index is 0.492. The molecule has 0 aliphatic heterocycles. The number of rotatable bonds is 6. The molecular formula is C16H27N3. The predicted octanol–water partition coefficient (Wildman–Crippen LogP) is 2.77. The van der Waals surface area contributed by atoms with Gasteiger partial charge < -0.3 is 5.32 Å². The summed E-state index contributed by atoms with van der Waals surface area (Å²) in [6, 6.07) is 2.20. The fourth-order valence-electron chi connectivity index (χ4n) is 4.49. The Hall–Kier alpha value is -0.830. The maximum atomic E-state index is 4.62. The van der Waals surface area contributed by atoms with Gasteiger partial charge in [0.1, 0.15) is 0 Å². The Morgan fingerprint density at radius 3 is 2.95 bits per heavy atom. The highest BCUT2D eigenvalue weighted by Crippen LogP contribution is 2.56. The smallest absolute Gasteiger partial charge is 0.0630 e. The Kier molecular flexibility index (Phi) is 3.66. The Balaban J connectivity index is 1.73. The topological polar surface area (TPSA) is 29.9 Å². The lowest BCUT2D eigenvalue weighted by Crippen LogP contribution is -2.40. The lowest BCUT2D eigenvalue weighted by Gasteiger charge is -2.38. The molecule has 1 heterocycles. The first kappa shape index (κ1) is 13.2. The normalized spacial score (nSPS) is 33.2. The molecule has 0 amide bonds. The third kappa shape index (κ3) is 2.58. The summed E-state index contributed by atoms with van der Waals surface area (Å²) in [5, 5.41) is 8.32. The molecule has 3 heteroatoms. The zero-order valence-electron chi connectivity index (χ0n) is 12.4. The summed E-state index contributed by atoms with van der Waals surface area (Å²) in [5.74, 6) is 1.93. The van der Waals surface area contributed by atoms with Gasteiger partial charge in [0.2, 0.25) is 0 Å². The van der Waals surface area contributed by atoms with Crippen LogP contribution in [-0.4, -0.2) is 22.9 Å². The number of hydrogen-bond acceptors (Lipinski definition) is 2. The van der Waals surface area contributed by atoms with Crippen LogP contribution in [0, 0.1) is 17.3 Å². The van der Waals surface area contributed by atoms with Crippen molar-refractivity contribution < 1.29 is 0 Å². The van der Waals surface area contributed by atoms with Crippen LogP contribution in [0.25, 0.3) is 0 Å². The van der Waals surface area contributed by atoms with E-state index in [0.29, 0.717) is 5.41 Å². The molecule has 2 aliphatic rings. The number of nitrogens with zero attached hydrogens (tertiary/aromatic N) is 2. The average Bonchev–Trinajstić information content (AvgIpc) is 3.06. The SMILES string of the molecule is CCCNCC1(Cc2ccn(C)n2)CC2CCC1C2. The van der Waals surface area contributed by atoms with E-state index in [2.05, 4.69) is 29.6 Å². The molecular weight excluding hydrogens is 234 g/mol. The van der Waals surface area contributed by atoms with Crippen LogP contribution in [0.3, 0.4) is 0 Å². The first-order valence-corrected chi connectivity index (χ1v) is 7.91. The van der Waals surface area contributed by atoms with Gasteiger partial charge in [0.15, 0.2) is 0 Å². The predicted molar refractivity (Wildman–Crippen MR) is 78.0 cm³/mol. The van der Waals surface area contributed by atoms with Gasteiger partial charge in [-0.05, 0) is 62.0 Å². The largest absolute Gasteiger partial charge is 0.316 e. The van der Waals surface area contributed by atoms with E-state index < -0.39 is 0 Å². The van der Waals surface area contributed by atoms with Gasteiger partial charge in [-0.2, -0.15) is 5.10 Å². The van der Waals surface area contributed by atoms with E-state index in [1.54, 1.807) is 0 Å². The van der Waals surface area contributed by atoms with E-state index in [0.717, 1.165) is 18.4 Å². The van der Waals surface area contributed by atoms with Crippen molar-refractivity contribution in [3.63, 3.8) is 0 Å². The monoisotopic (exact) mass is 261 g/mol. The lowest BCUT2D eigenvalue weighted by molar-refractivity contribution is 0.155. The van der Waals surface area contributed by atoms with Crippen molar-refractivity contribution in [3.05, 3.63) is 18.0 Å². The van der Waals surface area contributed by atoms with Crippen LogP contribution in [0.4, 0.5) is 0 Å². The van der Waals surface area contributed by atoms with E-state index in [1.165, 1.54) is 50.8 Å². The molecule has 3 unspecified atom stereocenters. The van der Waals surface area contributed by atoms with Gasteiger partial charge in [-0.25, -0.2) is 0 Å². The van der Waals surface area contributed by atoms with Crippen molar-refractivity contribution in [1.82, 2.24) is 15.1 Å². The number of fused-ring (bicyclic) bond motifs is 2. The second-order valence-corrected chi connectivity index (χ2v) is 6.78.